The zero-order chi connectivity index (χ0) is 16.1. The first-order chi connectivity index (χ1) is 11.3. The molecular weight excluding hydrogens is 292 g/mol. The number of nitrogens with zero attached hydrogens (tertiary/aromatic N) is 2. The topological polar surface area (TPSA) is 68.4 Å². The summed E-state index contributed by atoms with van der Waals surface area (Å²) < 4.78 is 10.9. The molecule has 1 aromatic heterocycles. The second kappa shape index (κ2) is 6.96. The Kier molecular flexibility index (Phi) is 4.57. The molecule has 0 radical (unpaired) electrons. The van der Waals surface area contributed by atoms with Crippen molar-refractivity contribution in [1.82, 2.24) is 10.1 Å². The summed E-state index contributed by atoms with van der Waals surface area (Å²) in [7, 11) is 0. The van der Waals surface area contributed by atoms with Crippen LogP contribution in [0.2, 0.25) is 0 Å². The van der Waals surface area contributed by atoms with Gasteiger partial charge in [0.25, 0.3) is 5.89 Å². The van der Waals surface area contributed by atoms with Gasteiger partial charge in [-0.15, -0.1) is 0 Å². The molecule has 5 heteroatoms. The van der Waals surface area contributed by atoms with E-state index >= 15 is 0 Å². The van der Waals surface area contributed by atoms with E-state index in [2.05, 4.69) is 17.1 Å². The Morgan fingerprint density at radius 1 is 1.00 bits per heavy atom. The molecule has 0 bridgehead atoms. The summed E-state index contributed by atoms with van der Waals surface area (Å²) >= 11 is 0. The van der Waals surface area contributed by atoms with Crippen molar-refractivity contribution in [3.63, 3.8) is 0 Å². The van der Waals surface area contributed by atoms with Gasteiger partial charge in [0.2, 0.25) is 5.82 Å². The zero-order valence-electron chi connectivity index (χ0n) is 12.9. The number of rotatable bonds is 6. The number of hydrogen-bond donors (Lipinski definition) is 1. The number of benzene rings is 2. The number of ether oxygens (including phenoxy) is 1. The second-order valence-corrected chi connectivity index (χ2v) is 5.20. The molecule has 23 heavy (non-hydrogen) atoms. The van der Waals surface area contributed by atoms with Crippen LogP contribution in [-0.2, 0) is 0 Å². The van der Waals surface area contributed by atoms with Crippen LogP contribution in [0.4, 0.5) is 0 Å². The highest BCUT2D eigenvalue weighted by Gasteiger charge is 2.10. The summed E-state index contributed by atoms with van der Waals surface area (Å²) in [5.41, 5.74) is 1.63. The largest absolute Gasteiger partial charge is 0.508 e. The molecule has 0 aliphatic carbocycles. The van der Waals surface area contributed by atoms with Crippen LogP contribution in [0.1, 0.15) is 19.8 Å². The molecule has 3 rings (SSSR count). The fourth-order valence-corrected chi connectivity index (χ4v) is 2.10. The number of phenols is 1. The lowest BCUT2D eigenvalue weighted by molar-refractivity contribution is 0.309. The number of aromatic hydroxyl groups is 1. The van der Waals surface area contributed by atoms with E-state index in [0.717, 1.165) is 36.3 Å². The van der Waals surface area contributed by atoms with Gasteiger partial charge >= 0.3 is 0 Å². The second-order valence-electron chi connectivity index (χ2n) is 5.20. The third-order valence-corrected chi connectivity index (χ3v) is 3.42. The molecule has 118 valence electrons. The van der Waals surface area contributed by atoms with Gasteiger partial charge < -0.3 is 14.4 Å². The molecule has 0 saturated heterocycles. The molecule has 0 spiro atoms. The van der Waals surface area contributed by atoms with Crippen LogP contribution in [0, 0.1) is 0 Å². The zero-order valence-corrected chi connectivity index (χ0v) is 12.9. The minimum Gasteiger partial charge on any atom is -0.508 e. The van der Waals surface area contributed by atoms with Crippen LogP contribution in [0.3, 0.4) is 0 Å². The minimum absolute atomic E-state index is 0.201. The fraction of sp³-hybridized carbons (Fsp3) is 0.222. The third kappa shape index (κ3) is 3.69. The van der Waals surface area contributed by atoms with Gasteiger partial charge in [0.1, 0.15) is 11.5 Å². The minimum atomic E-state index is 0.201. The van der Waals surface area contributed by atoms with Gasteiger partial charge in [0.15, 0.2) is 0 Å². The van der Waals surface area contributed by atoms with Crippen molar-refractivity contribution >= 4 is 0 Å². The quantitative estimate of drug-likeness (QED) is 0.688. The maximum absolute atomic E-state index is 9.31. The lowest BCUT2D eigenvalue weighted by Gasteiger charge is -2.04. The third-order valence-electron chi connectivity index (χ3n) is 3.42. The molecule has 0 aliphatic heterocycles. The van der Waals surface area contributed by atoms with Gasteiger partial charge in [0, 0.05) is 11.1 Å². The van der Waals surface area contributed by atoms with E-state index in [0.29, 0.717) is 11.7 Å². The van der Waals surface area contributed by atoms with Gasteiger partial charge in [-0.1, -0.05) is 18.5 Å². The molecule has 1 heterocycles. The monoisotopic (exact) mass is 310 g/mol. The van der Waals surface area contributed by atoms with Gasteiger partial charge in [-0.3, -0.25) is 0 Å². The van der Waals surface area contributed by atoms with E-state index in [1.807, 2.05) is 24.3 Å². The van der Waals surface area contributed by atoms with Crippen LogP contribution in [0.5, 0.6) is 11.5 Å². The van der Waals surface area contributed by atoms with Crippen molar-refractivity contribution in [3.05, 3.63) is 48.5 Å². The lowest BCUT2D eigenvalue weighted by atomic mass is 10.2. The summed E-state index contributed by atoms with van der Waals surface area (Å²) in [5.74, 6) is 1.98. The van der Waals surface area contributed by atoms with E-state index in [9.17, 15) is 5.11 Å². The molecule has 0 saturated carbocycles. The first-order valence-electron chi connectivity index (χ1n) is 7.62. The van der Waals surface area contributed by atoms with Gasteiger partial charge in [-0.2, -0.15) is 4.98 Å². The number of aromatic nitrogens is 2. The standard InChI is InChI=1S/C18H18N2O3/c1-2-3-12-22-16-10-6-13(7-11-16)17-19-18(23-20-17)14-4-8-15(21)9-5-14/h4-11,21H,2-3,12H2,1H3. The SMILES string of the molecule is CCCCOc1ccc(-c2noc(-c3ccc(O)cc3)n2)cc1. The highest BCUT2D eigenvalue weighted by atomic mass is 16.5. The van der Waals surface area contributed by atoms with E-state index in [1.165, 1.54) is 0 Å². The Labute approximate surface area is 134 Å². The molecule has 5 nitrogen and oxygen atoms in total. The molecule has 3 aromatic rings. The van der Waals surface area contributed by atoms with E-state index in [-0.39, 0.29) is 5.75 Å². The number of phenolic OH excluding ortho intramolecular Hbond substituents is 1. The van der Waals surface area contributed by atoms with Crippen LogP contribution in [0.25, 0.3) is 22.8 Å². The van der Waals surface area contributed by atoms with Crippen LogP contribution in [-0.4, -0.2) is 21.9 Å². The van der Waals surface area contributed by atoms with Crippen molar-refractivity contribution < 1.29 is 14.4 Å². The predicted molar refractivity (Wildman–Crippen MR) is 87.2 cm³/mol. The highest BCUT2D eigenvalue weighted by molar-refractivity contribution is 5.60. The van der Waals surface area contributed by atoms with Crippen molar-refractivity contribution in [3.8, 4) is 34.3 Å². The average molecular weight is 310 g/mol. The number of unbranched alkanes of at least 4 members (excludes halogenated alkanes) is 1. The molecule has 0 amide bonds. The van der Waals surface area contributed by atoms with Crippen molar-refractivity contribution in [1.29, 1.82) is 0 Å². The molecule has 2 aromatic carbocycles. The van der Waals surface area contributed by atoms with Crippen molar-refractivity contribution in [2.75, 3.05) is 6.61 Å². The van der Waals surface area contributed by atoms with Gasteiger partial charge in [-0.25, -0.2) is 0 Å². The van der Waals surface area contributed by atoms with Crippen LogP contribution in [0.15, 0.2) is 53.1 Å². The van der Waals surface area contributed by atoms with Crippen LogP contribution >= 0.6 is 0 Å². The van der Waals surface area contributed by atoms with Gasteiger partial charge in [-0.05, 0) is 55.0 Å². The molecule has 0 unspecified atom stereocenters. The first kappa shape index (κ1) is 15.1. The van der Waals surface area contributed by atoms with Crippen molar-refractivity contribution in [2.24, 2.45) is 0 Å². The molecule has 1 N–H and O–H groups in total. The summed E-state index contributed by atoms with van der Waals surface area (Å²) in [6.45, 7) is 2.86. The molecular formula is C18H18N2O3. The summed E-state index contributed by atoms with van der Waals surface area (Å²) in [4.78, 5) is 4.39. The molecule has 0 aliphatic rings. The summed E-state index contributed by atoms with van der Waals surface area (Å²) in [6.07, 6.45) is 2.16. The van der Waals surface area contributed by atoms with E-state index in [4.69, 9.17) is 9.26 Å². The Balaban J connectivity index is 1.73. The Morgan fingerprint density at radius 3 is 2.39 bits per heavy atom. The summed E-state index contributed by atoms with van der Waals surface area (Å²) in [6, 6.07) is 14.3. The normalized spacial score (nSPS) is 10.7. The maximum Gasteiger partial charge on any atom is 0.258 e. The van der Waals surface area contributed by atoms with E-state index < -0.39 is 0 Å². The maximum atomic E-state index is 9.31. The fourth-order valence-electron chi connectivity index (χ4n) is 2.10. The smallest absolute Gasteiger partial charge is 0.258 e. The highest BCUT2D eigenvalue weighted by Crippen LogP contribution is 2.25. The van der Waals surface area contributed by atoms with Gasteiger partial charge in [0.05, 0.1) is 6.61 Å². The van der Waals surface area contributed by atoms with Crippen LogP contribution < -0.4 is 4.74 Å². The Bertz CT molecular complexity index is 749. The summed E-state index contributed by atoms with van der Waals surface area (Å²) in [5, 5.41) is 13.3. The Morgan fingerprint density at radius 2 is 1.70 bits per heavy atom. The molecule has 0 atom stereocenters. The predicted octanol–water partition coefficient (Wildman–Crippen LogP) is 4.29. The molecule has 0 fully saturated rings. The van der Waals surface area contributed by atoms with Crippen molar-refractivity contribution in [2.45, 2.75) is 19.8 Å². The Hall–Kier alpha value is -2.82. The first-order valence-corrected chi connectivity index (χ1v) is 7.62. The number of hydrogen-bond acceptors (Lipinski definition) is 5. The lowest BCUT2D eigenvalue weighted by Crippen LogP contribution is -1.96. The van der Waals surface area contributed by atoms with E-state index in [1.54, 1.807) is 24.3 Å². The average Bonchev–Trinajstić information content (AvgIpc) is 3.06.